The van der Waals surface area contributed by atoms with Crippen molar-refractivity contribution in [2.75, 3.05) is 19.6 Å². The molecular weight excluding hydrogens is 1180 g/mol. The average Bonchev–Trinajstić information content (AvgIpc) is 3.63. The molecule has 12 amide bonds. The van der Waals surface area contributed by atoms with Gasteiger partial charge < -0.3 is 89.8 Å². The second-order valence-electron chi connectivity index (χ2n) is 21.9. The normalized spacial score (nSPS) is 14.3. The lowest BCUT2D eigenvalue weighted by Gasteiger charge is -2.29. The molecular formula is C56H86N12O21. The minimum Gasteiger partial charge on any atom is -0.481 e. The first-order valence-electron chi connectivity index (χ1n) is 28.7. The predicted octanol–water partition coefficient (Wildman–Crippen LogP) is -4.08. The van der Waals surface area contributed by atoms with Crippen molar-refractivity contribution in [1.29, 1.82) is 0 Å². The maximum absolute atomic E-state index is 13.6. The summed E-state index contributed by atoms with van der Waals surface area (Å²) in [6.45, 7) is 8.75. The van der Waals surface area contributed by atoms with E-state index in [0.29, 0.717) is 12.0 Å². The SMILES string of the molecule is CCC(C)[C@H](NC(=O)C(CCC(=O)O)NC(=O)CCCC(=O)O)C(=O)NCC(=O)NCC(=O)NCC(=O)NC(CC(N)=O)C(=O)N[C@@H](CC(C)C)[C@@H](O)CC(=O)NC(C(=O)N[C@@H](C)C(=O)N[C@@H](CCC(=O)O)C(=O)NC(Cc1ccccc1)C(=O)O)C(C)C. The number of hydrogen-bond acceptors (Lipinski definition) is 17. The van der Waals surface area contributed by atoms with Crippen molar-refractivity contribution < 1.29 is 102 Å². The van der Waals surface area contributed by atoms with E-state index in [2.05, 4.69) is 58.5 Å². The molecule has 0 bridgehead atoms. The van der Waals surface area contributed by atoms with Crippen molar-refractivity contribution in [3.05, 3.63) is 35.9 Å². The highest BCUT2D eigenvalue weighted by molar-refractivity contribution is 5.97. The highest BCUT2D eigenvalue weighted by atomic mass is 16.4. The molecule has 10 atom stereocenters. The number of aliphatic hydroxyl groups is 1. The molecule has 496 valence electrons. The zero-order chi connectivity index (χ0) is 67.7. The molecule has 0 aromatic heterocycles. The van der Waals surface area contributed by atoms with Gasteiger partial charge in [-0.15, -0.1) is 0 Å². The van der Waals surface area contributed by atoms with Crippen LogP contribution in [0.2, 0.25) is 0 Å². The molecule has 0 spiro atoms. The first kappa shape index (κ1) is 77.7. The quantitative estimate of drug-likeness (QED) is 0.0296. The van der Waals surface area contributed by atoms with Gasteiger partial charge in [0.05, 0.1) is 44.6 Å². The zero-order valence-corrected chi connectivity index (χ0v) is 50.8. The summed E-state index contributed by atoms with van der Waals surface area (Å²) < 4.78 is 0. The number of rotatable bonds is 43. The summed E-state index contributed by atoms with van der Waals surface area (Å²) in [4.78, 5) is 202. The topological polar surface area (TPSA) is 533 Å². The Morgan fingerprint density at radius 3 is 1.49 bits per heavy atom. The maximum Gasteiger partial charge on any atom is 0.326 e. The summed E-state index contributed by atoms with van der Waals surface area (Å²) in [6, 6.07) is -3.13. The molecule has 0 fully saturated rings. The lowest BCUT2D eigenvalue weighted by molar-refractivity contribution is -0.143. The van der Waals surface area contributed by atoms with Crippen LogP contribution >= 0.6 is 0 Å². The second kappa shape index (κ2) is 40.2. The van der Waals surface area contributed by atoms with E-state index in [4.69, 9.17) is 10.8 Å². The number of aliphatic hydroxyl groups excluding tert-OH is 1. The Morgan fingerprint density at radius 2 is 0.978 bits per heavy atom. The van der Waals surface area contributed by atoms with Crippen LogP contribution in [0, 0.1) is 17.8 Å². The molecule has 0 heterocycles. The molecule has 1 aromatic rings. The van der Waals surface area contributed by atoms with E-state index >= 15 is 0 Å². The van der Waals surface area contributed by atoms with Crippen LogP contribution in [0.1, 0.15) is 125 Å². The molecule has 0 aliphatic heterocycles. The van der Waals surface area contributed by atoms with Gasteiger partial charge in [-0.2, -0.15) is 0 Å². The Kier molecular flexibility index (Phi) is 35.1. The molecule has 18 N–H and O–H groups in total. The van der Waals surface area contributed by atoms with Crippen LogP contribution in [0.4, 0.5) is 0 Å². The van der Waals surface area contributed by atoms with Gasteiger partial charge in [-0.3, -0.25) is 71.9 Å². The summed E-state index contributed by atoms with van der Waals surface area (Å²) in [5.41, 5.74) is 5.93. The third-order valence-corrected chi connectivity index (χ3v) is 13.4. The number of amides is 12. The number of aliphatic carboxylic acids is 4. The van der Waals surface area contributed by atoms with Gasteiger partial charge >= 0.3 is 23.9 Å². The lowest BCUT2D eigenvalue weighted by Crippen LogP contribution is -2.58. The van der Waals surface area contributed by atoms with Crippen molar-refractivity contribution in [3.63, 3.8) is 0 Å². The molecule has 0 saturated heterocycles. The number of carboxylic acid groups (broad SMARTS) is 4. The first-order chi connectivity index (χ1) is 41.6. The molecule has 0 saturated carbocycles. The first-order valence-corrected chi connectivity index (χ1v) is 28.7. The van der Waals surface area contributed by atoms with Gasteiger partial charge in [-0.25, -0.2) is 4.79 Å². The highest BCUT2D eigenvalue weighted by Crippen LogP contribution is 2.15. The standard InChI is InChI=1S/C56H86N12O21/c1-8-30(6)49(68-52(84)33(17-19-46(78)79)62-40(71)15-12-16-45(76)77)54(86)60-26-43(74)58-25-42(73)59-27-44(75)63-36(23-39(57)70)53(85)65-35(21-28(2)3)38(69)24-41(72)67-48(29(4)5)55(87)61-31(7)50(82)64-34(18-20-47(80)81)51(83)66-37(56(88)89)22-32-13-10-9-11-14-32/h9-11,13-14,28-31,33-38,48-49,69H,8,12,15-27H2,1-7H3,(H2,57,70)(H,58,74)(H,59,73)(H,60,86)(H,61,87)(H,62,71)(H,63,75)(H,64,82)(H,65,85)(H,66,83)(H,67,72)(H,68,84)(H,76,77)(H,78,79)(H,80,81)(H,88,89)/t30?,31-,33?,34-,35-,36?,37?,38-,48?,49-/m0/s1. The summed E-state index contributed by atoms with van der Waals surface area (Å²) in [5.74, 6) is -17.9. The Balaban J connectivity index is 2.95. The van der Waals surface area contributed by atoms with E-state index in [1.165, 1.54) is 6.92 Å². The van der Waals surface area contributed by atoms with Crippen molar-refractivity contribution in [1.82, 2.24) is 58.5 Å². The molecule has 1 rings (SSSR count). The van der Waals surface area contributed by atoms with Crippen molar-refractivity contribution in [2.24, 2.45) is 23.5 Å². The molecule has 1 aromatic carbocycles. The van der Waals surface area contributed by atoms with E-state index in [0.717, 1.165) is 0 Å². The zero-order valence-electron chi connectivity index (χ0n) is 50.8. The Labute approximate surface area is 513 Å². The minimum absolute atomic E-state index is 0.0193. The summed E-state index contributed by atoms with van der Waals surface area (Å²) in [6.07, 6.45) is -5.63. The number of nitrogens with one attached hydrogen (secondary N) is 11. The summed E-state index contributed by atoms with van der Waals surface area (Å²) in [5, 5.41) is 74.2. The average molecular weight is 1260 g/mol. The molecule has 33 heteroatoms. The van der Waals surface area contributed by atoms with Gasteiger partial charge in [0, 0.05) is 32.1 Å². The number of nitrogens with two attached hydrogens (primary N) is 1. The van der Waals surface area contributed by atoms with Gasteiger partial charge in [0.15, 0.2) is 0 Å². The smallest absolute Gasteiger partial charge is 0.326 e. The van der Waals surface area contributed by atoms with Crippen molar-refractivity contribution in [3.8, 4) is 0 Å². The predicted molar refractivity (Wildman–Crippen MR) is 311 cm³/mol. The van der Waals surface area contributed by atoms with Gasteiger partial charge in [-0.05, 0) is 55.9 Å². The third-order valence-electron chi connectivity index (χ3n) is 13.4. The third kappa shape index (κ3) is 32.3. The molecule has 5 unspecified atom stereocenters. The molecule has 89 heavy (non-hydrogen) atoms. The van der Waals surface area contributed by atoms with Gasteiger partial charge in [-0.1, -0.05) is 78.3 Å². The van der Waals surface area contributed by atoms with Crippen LogP contribution in [0.15, 0.2) is 30.3 Å². The van der Waals surface area contributed by atoms with Crippen LogP contribution in [-0.4, -0.2) is 194 Å². The Morgan fingerprint density at radius 1 is 0.472 bits per heavy atom. The number of benzene rings is 1. The number of carbonyl (C=O) groups is 16. The summed E-state index contributed by atoms with van der Waals surface area (Å²) in [7, 11) is 0. The Hall–Kier alpha value is -9.30. The largest absolute Gasteiger partial charge is 0.481 e. The Bertz CT molecular complexity index is 2660. The van der Waals surface area contributed by atoms with Gasteiger partial charge in [0.2, 0.25) is 70.9 Å². The fourth-order valence-electron chi connectivity index (χ4n) is 8.30. The van der Waals surface area contributed by atoms with Crippen LogP contribution in [0.3, 0.4) is 0 Å². The van der Waals surface area contributed by atoms with Crippen LogP contribution < -0.4 is 64.2 Å². The van der Waals surface area contributed by atoms with Gasteiger partial charge in [0.1, 0.15) is 42.3 Å². The minimum atomic E-state index is -1.69. The summed E-state index contributed by atoms with van der Waals surface area (Å²) >= 11 is 0. The maximum atomic E-state index is 13.6. The van der Waals surface area contributed by atoms with E-state index in [1.807, 2.05) is 0 Å². The number of hydrogen-bond donors (Lipinski definition) is 17. The van der Waals surface area contributed by atoms with Crippen molar-refractivity contribution >= 4 is 94.8 Å². The van der Waals surface area contributed by atoms with Crippen LogP contribution in [0.5, 0.6) is 0 Å². The van der Waals surface area contributed by atoms with E-state index in [9.17, 15) is 97.1 Å². The lowest BCUT2D eigenvalue weighted by atomic mass is 9.96. The number of primary amides is 1. The fourth-order valence-corrected chi connectivity index (χ4v) is 8.30. The van der Waals surface area contributed by atoms with E-state index < -0.39 is 213 Å². The molecule has 0 radical (unpaired) electrons. The number of carboxylic acids is 4. The fraction of sp³-hybridized carbons (Fsp3) is 0.607. The van der Waals surface area contributed by atoms with E-state index in [-0.39, 0.29) is 44.4 Å². The molecule has 33 nitrogen and oxygen atoms in total. The highest BCUT2D eigenvalue weighted by Gasteiger charge is 2.35. The number of carbonyl (C=O) groups excluding carboxylic acids is 12. The molecule has 0 aliphatic rings. The van der Waals surface area contributed by atoms with Crippen LogP contribution in [0.25, 0.3) is 0 Å². The molecule has 0 aliphatic carbocycles. The monoisotopic (exact) mass is 1260 g/mol. The van der Waals surface area contributed by atoms with E-state index in [1.54, 1.807) is 71.9 Å². The van der Waals surface area contributed by atoms with Crippen molar-refractivity contribution in [2.45, 2.75) is 180 Å². The van der Waals surface area contributed by atoms with Gasteiger partial charge in [0.25, 0.3) is 0 Å². The van der Waals surface area contributed by atoms with Crippen LogP contribution in [-0.2, 0) is 83.1 Å². The second-order valence-corrected chi connectivity index (χ2v) is 21.9.